The van der Waals surface area contributed by atoms with Gasteiger partial charge in [-0.15, -0.1) is 0 Å². The van der Waals surface area contributed by atoms with E-state index in [1.807, 2.05) is 36.5 Å². The van der Waals surface area contributed by atoms with Crippen molar-refractivity contribution in [3.63, 3.8) is 0 Å². The third-order valence-electron chi connectivity index (χ3n) is 4.11. The Bertz CT molecular complexity index is 1030. The second-order valence-corrected chi connectivity index (χ2v) is 5.87. The lowest BCUT2D eigenvalue weighted by Crippen LogP contribution is -2.25. The van der Waals surface area contributed by atoms with Crippen LogP contribution in [0.15, 0.2) is 42.7 Å². The summed E-state index contributed by atoms with van der Waals surface area (Å²) >= 11 is 0. The van der Waals surface area contributed by atoms with E-state index in [0.717, 1.165) is 33.2 Å². The Kier molecular flexibility index (Phi) is 3.91. The van der Waals surface area contributed by atoms with Crippen molar-refractivity contribution < 1.29 is 9.90 Å². The zero-order valence-corrected chi connectivity index (χ0v) is 13.4. The first-order valence-corrected chi connectivity index (χ1v) is 7.99. The van der Waals surface area contributed by atoms with Gasteiger partial charge in [0.25, 0.3) is 0 Å². The summed E-state index contributed by atoms with van der Waals surface area (Å²) in [6.45, 7) is 0.455. The molecule has 3 heterocycles. The standard InChI is InChI=1S/C18H17N5O2/c24-10-12-3-1-11(2-4-12)8-20-16(25)7-15-22-14-9-21-18-13(5-6-19-18)17(14)23-15/h1-6,9,24H,7-8,10H2,(H,19,21)(H,20,25)(H,22,23). The number of amides is 1. The summed E-state index contributed by atoms with van der Waals surface area (Å²) in [5, 5.41) is 12.9. The molecule has 0 saturated carbocycles. The van der Waals surface area contributed by atoms with Crippen molar-refractivity contribution in [1.29, 1.82) is 0 Å². The first-order chi connectivity index (χ1) is 12.2. The van der Waals surface area contributed by atoms with Crippen molar-refractivity contribution in [1.82, 2.24) is 25.3 Å². The van der Waals surface area contributed by atoms with Gasteiger partial charge in [0, 0.05) is 18.1 Å². The number of carbonyl (C=O) groups is 1. The van der Waals surface area contributed by atoms with E-state index in [9.17, 15) is 4.79 Å². The van der Waals surface area contributed by atoms with Gasteiger partial charge in [0.1, 0.15) is 17.0 Å². The van der Waals surface area contributed by atoms with E-state index in [-0.39, 0.29) is 18.9 Å². The zero-order chi connectivity index (χ0) is 17.2. The fourth-order valence-electron chi connectivity index (χ4n) is 2.79. The van der Waals surface area contributed by atoms with Gasteiger partial charge in [0.05, 0.1) is 24.7 Å². The molecule has 4 N–H and O–H groups in total. The largest absolute Gasteiger partial charge is 0.392 e. The maximum atomic E-state index is 12.2. The van der Waals surface area contributed by atoms with E-state index < -0.39 is 0 Å². The highest BCUT2D eigenvalue weighted by atomic mass is 16.3. The number of aromatic nitrogens is 4. The first kappa shape index (κ1) is 15.3. The van der Waals surface area contributed by atoms with E-state index in [1.54, 1.807) is 6.20 Å². The molecule has 0 aliphatic rings. The molecule has 0 fully saturated rings. The van der Waals surface area contributed by atoms with Gasteiger partial charge in [-0.2, -0.15) is 0 Å². The number of rotatable bonds is 5. The molecule has 4 aromatic rings. The molecule has 0 atom stereocenters. The number of aliphatic hydroxyl groups is 1. The van der Waals surface area contributed by atoms with Crippen LogP contribution >= 0.6 is 0 Å². The molecule has 0 aliphatic carbocycles. The third kappa shape index (κ3) is 3.09. The molecule has 0 radical (unpaired) electrons. The minimum Gasteiger partial charge on any atom is -0.392 e. The van der Waals surface area contributed by atoms with Gasteiger partial charge >= 0.3 is 0 Å². The van der Waals surface area contributed by atoms with Crippen LogP contribution in [-0.2, 0) is 24.4 Å². The average Bonchev–Trinajstić information content (AvgIpc) is 3.26. The lowest BCUT2D eigenvalue weighted by molar-refractivity contribution is -0.120. The zero-order valence-electron chi connectivity index (χ0n) is 13.4. The Balaban J connectivity index is 1.44. The number of pyridine rings is 1. The Morgan fingerprint density at radius 2 is 1.96 bits per heavy atom. The molecule has 25 heavy (non-hydrogen) atoms. The Morgan fingerprint density at radius 3 is 2.76 bits per heavy atom. The number of H-pyrrole nitrogens is 2. The number of nitrogens with one attached hydrogen (secondary N) is 3. The van der Waals surface area contributed by atoms with Crippen molar-refractivity contribution in [2.24, 2.45) is 0 Å². The fourth-order valence-corrected chi connectivity index (χ4v) is 2.79. The van der Waals surface area contributed by atoms with E-state index in [0.29, 0.717) is 12.4 Å². The van der Waals surface area contributed by atoms with E-state index in [4.69, 9.17) is 5.11 Å². The maximum Gasteiger partial charge on any atom is 0.227 e. The lowest BCUT2D eigenvalue weighted by Gasteiger charge is -2.05. The second-order valence-electron chi connectivity index (χ2n) is 5.87. The Morgan fingerprint density at radius 1 is 1.16 bits per heavy atom. The number of imidazole rings is 1. The molecule has 1 aromatic carbocycles. The van der Waals surface area contributed by atoms with Crippen LogP contribution in [0, 0.1) is 0 Å². The number of carbonyl (C=O) groups excluding carboxylic acids is 1. The van der Waals surface area contributed by atoms with Crippen molar-refractivity contribution >= 4 is 28.0 Å². The fraction of sp³-hybridized carbons (Fsp3) is 0.167. The van der Waals surface area contributed by atoms with Crippen LogP contribution in [-0.4, -0.2) is 30.9 Å². The van der Waals surface area contributed by atoms with Crippen LogP contribution in [0.4, 0.5) is 0 Å². The Labute approximate surface area is 143 Å². The van der Waals surface area contributed by atoms with Gasteiger partial charge in [0.15, 0.2) is 0 Å². The van der Waals surface area contributed by atoms with Crippen molar-refractivity contribution in [3.8, 4) is 0 Å². The molecule has 0 saturated heterocycles. The highest BCUT2D eigenvalue weighted by molar-refractivity contribution is 6.00. The van der Waals surface area contributed by atoms with Crippen LogP contribution < -0.4 is 5.32 Å². The average molecular weight is 335 g/mol. The van der Waals surface area contributed by atoms with Crippen LogP contribution in [0.5, 0.6) is 0 Å². The molecule has 0 spiro atoms. The van der Waals surface area contributed by atoms with Crippen molar-refractivity contribution in [2.75, 3.05) is 0 Å². The molecule has 0 bridgehead atoms. The highest BCUT2D eigenvalue weighted by Crippen LogP contribution is 2.20. The predicted molar refractivity (Wildman–Crippen MR) is 93.7 cm³/mol. The normalized spacial score (nSPS) is 11.2. The van der Waals surface area contributed by atoms with E-state index >= 15 is 0 Å². The van der Waals surface area contributed by atoms with Crippen LogP contribution in [0.3, 0.4) is 0 Å². The summed E-state index contributed by atoms with van der Waals surface area (Å²) in [6, 6.07) is 9.40. The number of aliphatic hydroxyl groups excluding tert-OH is 1. The van der Waals surface area contributed by atoms with Gasteiger partial charge in [-0.1, -0.05) is 24.3 Å². The minimum absolute atomic E-state index is 0.0158. The molecule has 3 aromatic heterocycles. The quantitative estimate of drug-likeness (QED) is 0.446. The van der Waals surface area contributed by atoms with Crippen molar-refractivity contribution in [2.45, 2.75) is 19.6 Å². The molecule has 7 heteroatoms. The number of fused-ring (bicyclic) bond motifs is 3. The molecule has 7 nitrogen and oxygen atoms in total. The van der Waals surface area contributed by atoms with Crippen molar-refractivity contribution in [3.05, 3.63) is 59.7 Å². The smallest absolute Gasteiger partial charge is 0.227 e. The summed E-state index contributed by atoms with van der Waals surface area (Å²) in [4.78, 5) is 27.2. The topological polar surface area (TPSA) is 107 Å². The van der Waals surface area contributed by atoms with E-state index in [1.165, 1.54) is 0 Å². The monoisotopic (exact) mass is 335 g/mol. The number of hydrogen-bond acceptors (Lipinski definition) is 4. The van der Waals surface area contributed by atoms with Gasteiger partial charge in [0.2, 0.25) is 5.91 Å². The number of aromatic amines is 2. The second kappa shape index (κ2) is 6.37. The highest BCUT2D eigenvalue weighted by Gasteiger charge is 2.11. The summed E-state index contributed by atoms with van der Waals surface area (Å²) in [7, 11) is 0. The molecular weight excluding hydrogens is 318 g/mol. The minimum atomic E-state index is -0.108. The van der Waals surface area contributed by atoms with Crippen LogP contribution in [0.25, 0.3) is 22.1 Å². The van der Waals surface area contributed by atoms with E-state index in [2.05, 4.69) is 25.3 Å². The summed E-state index contributed by atoms with van der Waals surface area (Å²) in [5.74, 6) is 0.502. The molecule has 0 aliphatic heterocycles. The Hall–Kier alpha value is -3.19. The molecule has 0 unspecified atom stereocenters. The van der Waals surface area contributed by atoms with Crippen LogP contribution in [0.2, 0.25) is 0 Å². The molecular formula is C18H17N5O2. The maximum absolute atomic E-state index is 12.2. The first-order valence-electron chi connectivity index (χ1n) is 7.99. The summed E-state index contributed by atoms with van der Waals surface area (Å²) in [5.41, 5.74) is 4.25. The third-order valence-corrected chi connectivity index (χ3v) is 4.11. The molecule has 1 amide bonds. The number of nitrogens with zero attached hydrogens (tertiary/aromatic N) is 2. The number of benzene rings is 1. The van der Waals surface area contributed by atoms with Gasteiger partial charge in [-0.05, 0) is 17.2 Å². The summed E-state index contributed by atoms with van der Waals surface area (Å²) in [6.07, 6.45) is 3.69. The predicted octanol–water partition coefficient (Wildman–Crippen LogP) is 1.79. The molecule has 126 valence electrons. The van der Waals surface area contributed by atoms with Crippen LogP contribution in [0.1, 0.15) is 17.0 Å². The lowest BCUT2D eigenvalue weighted by atomic mass is 10.1. The van der Waals surface area contributed by atoms with Gasteiger partial charge < -0.3 is 20.4 Å². The van der Waals surface area contributed by atoms with Gasteiger partial charge in [-0.25, -0.2) is 9.97 Å². The number of hydrogen-bond donors (Lipinski definition) is 4. The van der Waals surface area contributed by atoms with Gasteiger partial charge in [-0.3, -0.25) is 4.79 Å². The summed E-state index contributed by atoms with van der Waals surface area (Å²) < 4.78 is 0. The SMILES string of the molecule is O=C(Cc1nc2cnc3[nH]ccc3c2[nH]1)NCc1ccc(CO)cc1. The molecule has 4 rings (SSSR count).